The molecular weight excluding hydrogens is 295 g/mol. The average Bonchev–Trinajstić information content (AvgIpc) is 2.42. The van der Waals surface area contributed by atoms with Gasteiger partial charge >= 0.3 is 0 Å². The number of nitrogens with one attached hydrogen (secondary N) is 1. The van der Waals surface area contributed by atoms with Gasteiger partial charge in [0.2, 0.25) is 10.0 Å². The molecule has 118 valence electrons. The summed E-state index contributed by atoms with van der Waals surface area (Å²) in [6.07, 6.45) is 0. The van der Waals surface area contributed by atoms with Crippen LogP contribution < -0.4 is 4.72 Å². The number of nitrogens with zero attached hydrogens (tertiary/aromatic N) is 1. The second kappa shape index (κ2) is 6.83. The molecule has 1 heterocycles. The van der Waals surface area contributed by atoms with Crippen molar-refractivity contribution in [1.82, 2.24) is 9.62 Å². The first-order chi connectivity index (χ1) is 9.88. The molecule has 1 fully saturated rings. The first kappa shape index (κ1) is 16.4. The number of hydrogen-bond acceptors (Lipinski definition) is 4. The number of morpholine rings is 1. The van der Waals surface area contributed by atoms with E-state index in [4.69, 9.17) is 4.74 Å². The van der Waals surface area contributed by atoms with Crippen LogP contribution in [-0.2, 0) is 14.8 Å². The number of sulfonamides is 1. The van der Waals surface area contributed by atoms with Crippen LogP contribution >= 0.6 is 0 Å². The Morgan fingerprint density at radius 3 is 2.67 bits per heavy atom. The van der Waals surface area contributed by atoms with E-state index in [2.05, 4.69) is 9.62 Å². The van der Waals surface area contributed by atoms with Crippen LogP contribution in [0.4, 0.5) is 4.39 Å². The van der Waals surface area contributed by atoms with Crippen molar-refractivity contribution in [2.24, 2.45) is 0 Å². The van der Waals surface area contributed by atoms with Crippen molar-refractivity contribution in [1.29, 1.82) is 0 Å². The molecule has 7 heteroatoms. The van der Waals surface area contributed by atoms with E-state index in [1.54, 1.807) is 13.8 Å². The third-order valence-electron chi connectivity index (χ3n) is 3.45. The summed E-state index contributed by atoms with van der Waals surface area (Å²) in [5, 5.41) is 0. The Kier molecular flexibility index (Phi) is 5.32. The first-order valence-electron chi connectivity index (χ1n) is 6.97. The fourth-order valence-corrected chi connectivity index (χ4v) is 3.53. The van der Waals surface area contributed by atoms with Crippen molar-refractivity contribution >= 4 is 10.0 Å². The third kappa shape index (κ3) is 4.47. The van der Waals surface area contributed by atoms with Gasteiger partial charge < -0.3 is 4.74 Å². The average molecular weight is 316 g/mol. The van der Waals surface area contributed by atoms with E-state index in [0.717, 1.165) is 19.2 Å². The fraction of sp³-hybridized carbons (Fsp3) is 0.571. The Labute approximate surface area is 125 Å². The van der Waals surface area contributed by atoms with E-state index in [0.29, 0.717) is 25.3 Å². The molecule has 1 aromatic rings. The molecule has 21 heavy (non-hydrogen) atoms. The number of ether oxygens (including phenoxy) is 1. The Hall–Kier alpha value is -1.02. The van der Waals surface area contributed by atoms with Crippen LogP contribution in [0.2, 0.25) is 0 Å². The lowest BCUT2D eigenvalue weighted by Gasteiger charge is -2.29. The maximum Gasteiger partial charge on any atom is 0.240 e. The Morgan fingerprint density at radius 1 is 1.38 bits per heavy atom. The third-order valence-corrected chi connectivity index (χ3v) is 5.03. The molecule has 0 aliphatic carbocycles. The molecule has 1 atom stereocenters. The van der Waals surface area contributed by atoms with Gasteiger partial charge in [-0.2, -0.15) is 0 Å². The Bertz CT molecular complexity index is 586. The predicted octanol–water partition coefficient (Wildman–Crippen LogP) is 1.13. The molecule has 0 aromatic heterocycles. The lowest BCUT2D eigenvalue weighted by Crippen LogP contribution is -2.45. The van der Waals surface area contributed by atoms with Gasteiger partial charge in [0.1, 0.15) is 5.82 Å². The summed E-state index contributed by atoms with van der Waals surface area (Å²) in [7, 11) is -3.70. The summed E-state index contributed by atoms with van der Waals surface area (Å²) in [4.78, 5) is 2.10. The Balaban J connectivity index is 2.00. The molecule has 1 aliphatic rings. The fourth-order valence-electron chi connectivity index (χ4n) is 2.28. The topological polar surface area (TPSA) is 58.6 Å². The summed E-state index contributed by atoms with van der Waals surface area (Å²) >= 11 is 0. The highest BCUT2D eigenvalue weighted by Gasteiger charge is 2.21. The van der Waals surface area contributed by atoms with Crippen LogP contribution in [0.5, 0.6) is 0 Å². The minimum Gasteiger partial charge on any atom is -0.379 e. The highest BCUT2D eigenvalue weighted by molar-refractivity contribution is 7.89. The molecule has 0 bridgehead atoms. The summed E-state index contributed by atoms with van der Waals surface area (Å²) in [6.45, 7) is 6.94. The van der Waals surface area contributed by atoms with E-state index in [-0.39, 0.29) is 10.9 Å². The van der Waals surface area contributed by atoms with Gasteiger partial charge in [-0.15, -0.1) is 0 Å². The number of aryl methyl sites for hydroxylation is 1. The smallest absolute Gasteiger partial charge is 0.240 e. The number of halogens is 1. The van der Waals surface area contributed by atoms with Crippen LogP contribution in [0.15, 0.2) is 23.1 Å². The maximum atomic E-state index is 13.5. The molecule has 0 radical (unpaired) electrons. The summed E-state index contributed by atoms with van der Waals surface area (Å²) < 4.78 is 45.8. The van der Waals surface area contributed by atoms with Crippen LogP contribution in [0.25, 0.3) is 0 Å². The van der Waals surface area contributed by atoms with Crippen LogP contribution in [0, 0.1) is 12.7 Å². The first-order valence-corrected chi connectivity index (χ1v) is 8.45. The van der Waals surface area contributed by atoms with Crippen molar-refractivity contribution in [3.8, 4) is 0 Å². The van der Waals surface area contributed by atoms with E-state index < -0.39 is 15.8 Å². The lowest BCUT2D eigenvalue weighted by molar-refractivity contribution is 0.0354. The van der Waals surface area contributed by atoms with Gasteiger partial charge in [-0.05, 0) is 31.5 Å². The molecule has 0 saturated carbocycles. The summed E-state index contributed by atoms with van der Waals surface area (Å²) in [5.74, 6) is -0.515. The van der Waals surface area contributed by atoms with Crippen molar-refractivity contribution in [2.45, 2.75) is 24.8 Å². The van der Waals surface area contributed by atoms with Gasteiger partial charge in [-0.3, -0.25) is 4.90 Å². The highest BCUT2D eigenvalue weighted by Crippen LogP contribution is 2.14. The number of rotatable bonds is 5. The van der Waals surface area contributed by atoms with Gasteiger partial charge in [0.25, 0.3) is 0 Å². The zero-order chi connectivity index (χ0) is 15.5. The minimum atomic E-state index is -3.70. The number of benzene rings is 1. The molecule has 1 aromatic carbocycles. The quantitative estimate of drug-likeness (QED) is 0.885. The van der Waals surface area contributed by atoms with E-state index in [1.807, 2.05) is 0 Å². The second-order valence-corrected chi connectivity index (χ2v) is 7.06. The zero-order valence-corrected chi connectivity index (χ0v) is 13.1. The van der Waals surface area contributed by atoms with Crippen LogP contribution in [0.1, 0.15) is 12.5 Å². The highest BCUT2D eigenvalue weighted by atomic mass is 32.2. The normalized spacial score (nSPS) is 18.6. The SMILES string of the molecule is Cc1ccc(S(=O)(=O)N[C@H](C)CN2CCOCC2)cc1F. The number of hydrogen-bond donors (Lipinski definition) is 1. The van der Waals surface area contributed by atoms with Gasteiger partial charge in [0, 0.05) is 25.7 Å². The van der Waals surface area contributed by atoms with Gasteiger partial charge in [-0.1, -0.05) is 6.07 Å². The zero-order valence-electron chi connectivity index (χ0n) is 12.3. The molecule has 1 aliphatic heterocycles. The predicted molar refractivity (Wildman–Crippen MR) is 78.2 cm³/mol. The molecule has 1 saturated heterocycles. The van der Waals surface area contributed by atoms with Gasteiger partial charge in [-0.25, -0.2) is 17.5 Å². The maximum absolute atomic E-state index is 13.5. The van der Waals surface area contributed by atoms with E-state index in [1.165, 1.54) is 12.1 Å². The van der Waals surface area contributed by atoms with Crippen LogP contribution in [-0.4, -0.2) is 52.2 Å². The molecule has 0 spiro atoms. The summed E-state index contributed by atoms with van der Waals surface area (Å²) in [6, 6.07) is 3.69. The van der Waals surface area contributed by atoms with Crippen molar-refractivity contribution in [3.05, 3.63) is 29.6 Å². The molecule has 2 rings (SSSR count). The van der Waals surface area contributed by atoms with Crippen molar-refractivity contribution in [2.75, 3.05) is 32.8 Å². The van der Waals surface area contributed by atoms with Gasteiger partial charge in [0.05, 0.1) is 18.1 Å². The lowest BCUT2D eigenvalue weighted by atomic mass is 10.2. The molecule has 0 unspecified atom stereocenters. The molecular formula is C14H21FN2O3S. The molecule has 5 nitrogen and oxygen atoms in total. The second-order valence-electron chi connectivity index (χ2n) is 5.35. The van der Waals surface area contributed by atoms with Crippen LogP contribution in [0.3, 0.4) is 0 Å². The standard InChI is InChI=1S/C14H21FN2O3S/c1-11-3-4-13(9-14(11)15)21(18,19)16-12(2)10-17-5-7-20-8-6-17/h3-4,9,12,16H,5-8,10H2,1-2H3/t12-/m1/s1. The largest absolute Gasteiger partial charge is 0.379 e. The summed E-state index contributed by atoms with van der Waals surface area (Å²) in [5.41, 5.74) is 0.426. The molecule has 0 amide bonds. The Morgan fingerprint density at radius 2 is 2.05 bits per heavy atom. The minimum absolute atomic E-state index is 0.0422. The van der Waals surface area contributed by atoms with E-state index >= 15 is 0 Å². The monoisotopic (exact) mass is 316 g/mol. The van der Waals surface area contributed by atoms with Gasteiger partial charge in [0.15, 0.2) is 0 Å². The van der Waals surface area contributed by atoms with Crippen molar-refractivity contribution < 1.29 is 17.5 Å². The van der Waals surface area contributed by atoms with E-state index in [9.17, 15) is 12.8 Å². The van der Waals surface area contributed by atoms with Crippen molar-refractivity contribution in [3.63, 3.8) is 0 Å². The molecule has 1 N–H and O–H groups in total.